The minimum absolute atomic E-state index is 0.00822. The Balaban J connectivity index is 2.12. The van der Waals surface area contributed by atoms with E-state index in [9.17, 15) is 19.5 Å². The van der Waals surface area contributed by atoms with Crippen molar-refractivity contribution in [3.8, 4) is 0 Å². The van der Waals surface area contributed by atoms with Gasteiger partial charge < -0.3 is 15.3 Å². The quantitative estimate of drug-likeness (QED) is 0.756. The highest BCUT2D eigenvalue weighted by atomic mass is 16.4. The largest absolute Gasteiger partial charge is 0.481 e. The first-order valence-electron chi connectivity index (χ1n) is 8.95. The van der Waals surface area contributed by atoms with E-state index in [1.165, 1.54) is 0 Å². The minimum Gasteiger partial charge on any atom is -0.481 e. The number of carboxylic acids is 1. The van der Waals surface area contributed by atoms with Gasteiger partial charge in [0.25, 0.3) is 0 Å². The Morgan fingerprint density at radius 1 is 1.38 bits per heavy atom. The van der Waals surface area contributed by atoms with Crippen LogP contribution in [-0.2, 0) is 21.4 Å². The van der Waals surface area contributed by atoms with E-state index in [1.54, 1.807) is 36.1 Å². The van der Waals surface area contributed by atoms with Crippen molar-refractivity contribution in [3.05, 3.63) is 18.0 Å². The van der Waals surface area contributed by atoms with Crippen molar-refractivity contribution in [1.29, 1.82) is 0 Å². The summed E-state index contributed by atoms with van der Waals surface area (Å²) in [6.07, 6.45) is 4.72. The number of hydrogen-bond acceptors (Lipinski definition) is 4. The zero-order valence-electron chi connectivity index (χ0n) is 15.8. The Hall–Kier alpha value is -2.38. The van der Waals surface area contributed by atoms with E-state index < -0.39 is 23.8 Å². The molecule has 0 bridgehead atoms. The lowest BCUT2D eigenvalue weighted by atomic mass is 9.85. The van der Waals surface area contributed by atoms with E-state index in [2.05, 4.69) is 10.4 Å². The predicted octanol–water partition coefficient (Wildman–Crippen LogP) is 1.19. The molecule has 2 rings (SSSR count). The summed E-state index contributed by atoms with van der Waals surface area (Å²) in [5.74, 6) is -1.93. The smallest absolute Gasteiger partial charge is 0.308 e. The average Bonchev–Trinajstić information content (AvgIpc) is 2.98. The van der Waals surface area contributed by atoms with Crippen LogP contribution in [0.2, 0.25) is 0 Å². The standard InChI is InChI=1S/C18H28N4O4/c1-11(2)7-12(18(25)26)8-19-17(24)14-5-6-15(23)22(4)16(14)13-9-20-21(3)10-13/h9-12,14,16H,5-8H2,1-4H3,(H,19,24)(H,25,26). The third-order valence-corrected chi connectivity index (χ3v) is 4.89. The van der Waals surface area contributed by atoms with Crippen LogP contribution in [0.4, 0.5) is 0 Å². The topological polar surface area (TPSA) is 105 Å². The van der Waals surface area contributed by atoms with Gasteiger partial charge in [-0.15, -0.1) is 0 Å². The summed E-state index contributed by atoms with van der Waals surface area (Å²) >= 11 is 0. The molecule has 26 heavy (non-hydrogen) atoms. The van der Waals surface area contributed by atoms with Gasteiger partial charge in [0, 0.05) is 38.8 Å². The molecular formula is C18H28N4O4. The van der Waals surface area contributed by atoms with Gasteiger partial charge in [-0.25, -0.2) is 0 Å². The number of aromatic nitrogens is 2. The molecule has 3 atom stereocenters. The summed E-state index contributed by atoms with van der Waals surface area (Å²) in [7, 11) is 3.48. The lowest BCUT2D eigenvalue weighted by Gasteiger charge is -2.37. The molecule has 2 heterocycles. The Kier molecular flexibility index (Phi) is 6.39. The number of likely N-dealkylation sites (tertiary alicyclic amines) is 1. The van der Waals surface area contributed by atoms with Crippen molar-refractivity contribution in [3.63, 3.8) is 0 Å². The van der Waals surface area contributed by atoms with Gasteiger partial charge in [0.1, 0.15) is 0 Å². The van der Waals surface area contributed by atoms with Gasteiger partial charge in [-0.3, -0.25) is 19.1 Å². The molecular weight excluding hydrogens is 336 g/mol. The Bertz CT molecular complexity index is 670. The van der Waals surface area contributed by atoms with Gasteiger partial charge in [0.15, 0.2) is 0 Å². The molecule has 0 radical (unpaired) electrons. The zero-order chi connectivity index (χ0) is 19.4. The lowest BCUT2D eigenvalue weighted by Crippen LogP contribution is -2.47. The molecule has 8 heteroatoms. The number of carbonyl (C=O) groups is 3. The van der Waals surface area contributed by atoms with E-state index >= 15 is 0 Å². The number of piperidine rings is 1. The average molecular weight is 364 g/mol. The normalized spacial score (nSPS) is 21.7. The third kappa shape index (κ3) is 4.62. The fourth-order valence-electron chi connectivity index (χ4n) is 3.56. The number of nitrogens with one attached hydrogen (secondary N) is 1. The molecule has 0 aliphatic carbocycles. The summed E-state index contributed by atoms with van der Waals surface area (Å²) < 4.78 is 1.64. The van der Waals surface area contributed by atoms with Crippen LogP contribution in [0, 0.1) is 17.8 Å². The molecule has 144 valence electrons. The van der Waals surface area contributed by atoms with Crippen molar-refractivity contribution in [2.45, 2.75) is 39.2 Å². The summed E-state index contributed by atoms with van der Waals surface area (Å²) in [4.78, 5) is 37.9. The van der Waals surface area contributed by atoms with Crippen LogP contribution >= 0.6 is 0 Å². The number of hydrogen-bond donors (Lipinski definition) is 2. The first-order chi connectivity index (χ1) is 12.2. The molecule has 1 fully saturated rings. The second-order valence-corrected chi connectivity index (χ2v) is 7.45. The number of aliphatic carboxylic acids is 1. The molecule has 1 aromatic rings. The summed E-state index contributed by atoms with van der Waals surface area (Å²) in [5.41, 5.74) is 0.806. The molecule has 2 N–H and O–H groups in total. The molecule has 0 aromatic carbocycles. The number of carbonyl (C=O) groups excluding carboxylic acids is 2. The molecule has 1 aliphatic rings. The number of amides is 2. The van der Waals surface area contributed by atoms with Crippen molar-refractivity contribution in [1.82, 2.24) is 20.0 Å². The SMILES string of the molecule is CC(C)CC(CNC(=O)C1CCC(=O)N(C)C1c1cnn(C)c1)C(=O)O. The zero-order valence-corrected chi connectivity index (χ0v) is 15.8. The second-order valence-electron chi connectivity index (χ2n) is 7.45. The van der Waals surface area contributed by atoms with E-state index in [0.717, 1.165) is 5.56 Å². The van der Waals surface area contributed by atoms with Crippen LogP contribution in [0.3, 0.4) is 0 Å². The highest BCUT2D eigenvalue weighted by Gasteiger charge is 2.39. The van der Waals surface area contributed by atoms with Gasteiger partial charge >= 0.3 is 5.97 Å². The first kappa shape index (κ1) is 19.9. The van der Waals surface area contributed by atoms with E-state index in [0.29, 0.717) is 19.3 Å². The number of carboxylic acid groups (broad SMARTS) is 1. The summed E-state index contributed by atoms with van der Waals surface area (Å²) in [6.45, 7) is 4.01. The van der Waals surface area contributed by atoms with E-state index in [-0.39, 0.29) is 24.3 Å². The minimum atomic E-state index is -0.904. The van der Waals surface area contributed by atoms with Crippen molar-refractivity contribution < 1.29 is 19.5 Å². The highest BCUT2D eigenvalue weighted by Crippen LogP contribution is 2.35. The van der Waals surface area contributed by atoms with Crippen LogP contribution < -0.4 is 5.32 Å². The molecule has 1 saturated heterocycles. The van der Waals surface area contributed by atoms with Crippen molar-refractivity contribution in [2.75, 3.05) is 13.6 Å². The molecule has 3 unspecified atom stereocenters. The molecule has 1 aromatic heterocycles. The van der Waals surface area contributed by atoms with Gasteiger partial charge in [-0.2, -0.15) is 5.10 Å². The lowest BCUT2D eigenvalue weighted by molar-refractivity contribution is -0.142. The summed E-state index contributed by atoms with van der Waals surface area (Å²) in [5, 5.41) is 16.3. The van der Waals surface area contributed by atoms with Gasteiger partial charge in [0.05, 0.1) is 24.1 Å². The monoisotopic (exact) mass is 364 g/mol. The molecule has 1 aliphatic heterocycles. The molecule has 8 nitrogen and oxygen atoms in total. The molecule has 0 saturated carbocycles. The molecule has 0 spiro atoms. The van der Waals surface area contributed by atoms with Crippen molar-refractivity contribution >= 4 is 17.8 Å². The van der Waals surface area contributed by atoms with Gasteiger partial charge in [-0.1, -0.05) is 13.8 Å². The van der Waals surface area contributed by atoms with Crippen molar-refractivity contribution in [2.24, 2.45) is 24.8 Å². The van der Waals surface area contributed by atoms with Crippen LogP contribution in [0.5, 0.6) is 0 Å². The second kappa shape index (κ2) is 8.33. The van der Waals surface area contributed by atoms with Crippen LogP contribution in [0.1, 0.15) is 44.7 Å². The Morgan fingerprint density at radius 2 is 2.08 bits per heavy atom. The Labute approximate surface area is 153 Å². The third-order valence-electron chi connectivity index (χ3n) is 4.89. The number of aryl methyl sites for hydroxylation is 1. The Morgan fingerprint density at radius 3 is 2.62 bits per heavy atom. The highest BCUT2D eigenvalue weighted by molar-refractivity contribution is 5.85. The molecule has 2 amide bonds. The van der Waals surface area contributed by atoms with Crippen LogP contribution in [-0.4, -0.2) is 51.2 Å². The summed E-state index contributed by atoms with van der Waals surface area (Å²) in [6, 6.07) is -0.390. The predicted molar refractivity (Wildman–Crippen MR) is 95.0 cm³/mol. The maximum Gasteiger partial charge on any atom is 0.308 e. The fraction of sp³-hybridized carbons (Fsp3) is 0.667. The fourth-order valence-corrected chi connectivity index (χ4v) is 3.56. The van der Waals surface area contributed by atoms with Crippen LogP contribution in [0.15, 0.2) is 12.4 Å². The van der Waals surface area contributed by atoms with Crippen LogP contribution in [0.25, 0.3) is 0 Å². The number of nitrogens with zero attached hydrogens (tertiary/aromatic N) is 3. The van der Waals surface area contributed by atoms with Gasteiger partial charge in [0.2, 0.25) is 11.8 Å². The first-order valence-corrected chi connectivity index (χ1v) is 8.95. The number of rotatable bonds is 7. The van der Waals surface area contributed by atoms with E-state index in [4.69, 9.17) is 0 Å². The maximum atomic E-state index is 12.8. The van der Waals surface area contributed by atoms with E-state index in [1.807, 2.05) is 13.8 Å². The van der Waals surface area contributed by atoms with Gasteiger partial charge in [-0.05, 0) is 18.8 Å². The maximum absolute atomic E-state index is 12.8.